The van der Waals surface area contributed by atoms with E-state index in [4.69, 9.17) is 15.0 Å². The van der Waals surface area contributed by atoms with E-state index in [1.807, 2.05) is 33.8 Å². The van der Waals surface area contributed by atoms with Crippen molar-refractivity contribution in [3.8, 4) is 0 Å². The van der Waals surface area contributed by atoms with Gasteiger partial charge in [-0.05, 0) is 62.8 Å². The third kappa shape index (κ3) is 9.32. The second-order valence-electron chi connectivity index (χ2n) is 11.3. The minimum Gasteiger partial charge on any atom is -0.883 e. The summed E-state index contributed by atoms with van der Waals surface area (Å²) < 4.78 is 0. The molecule has 14 heteroatoms. The molecule has 8 bridgehead atoms. The van der Waals surface area contributed by atoms with Crippen LogP contribution in [-0.4, -0.2) is 29.1 Å². The van der Waals surface area contributed by atoms with Gasteiger partial charge in [0.25, 0.3) is 0 Å². The molecule has 2 unspecified atom stereocenters. The molecule has 1 aromatic heterocycles. The molecule has 1 aromatic rings. The third-order valence-electron chi connectivity index (χ3n) is 8.76. The van der Waals surface area contributed by atoms with Crippen LogP contribution in [0.5, 0.6) is 0 Å². The number of aliphatic imine (C=N–C) groups is 3. The quantitative estimate of drug-likeness (QED) is 0.195. The number of carboxylic acids is 2. The van der Waals surface area contributed by atoms with Crippen LogP contribution >= 0.6 is 0 Å². The molecular formula is C34H31CuK3N4O6. The molecule has 237 valence electrons. The number of nitrogens with zero attached hydrogens (tertiary/aromatic N) is 4. The van der Waals surface area contributed by atoms with E-state index in [0.29, 0.717) is 39.9 Å². The van der Waals surface area contributed by atoms with E-state index < -0.39 is 30.2 Å². The predicted molar refractivity (Wildman–Crippen MR) is 159 cm³/mol. The van der Waals surface area contributed by atoms with Crippen LogP contribution in [0.1, 0.15) is 58.1 Å². The van der Waals surface area contributed by atoms with Crippen LogP contribution in [0.4, 0.5) is 0 Å². The molecule has 0 fully saturated rings. The normalized spacial score (nSPS) is 19.3. The van der Waals surface area contributed by atoms with Crippen LogP contribution in [0.15, 0.2) is 84.6 Å². The Morgan fingerprint density at radius 2 is 1.60 bits per heavy atom. The van der Waals surface area contributed by atoms with Gasteiger partial charge in [-0.25, -0.2) is 9.98 Å². The van der Waals surface area contributed by atoms with Crippen LogP contribution < -0.4 is 190 Å². The molecule has 0 saturated heterocycles. The van der Waals surface area contributed by atoms with Gasteiger partial charge in [0.1, 0.15) is 0 Å². The fourth-order valence-corrected chi connectivity index (χ4v) is 6.34. The molecule has 0 amide bonds. The average molecular weight is 772 g/mol. The largest absolute Gasteiger partial charge is 2.00 e. The fraction of sp³-hybridized carbons (Fsp3) is 0.324. The minimum atomic E-state index is -1.52. The van der Waals surface area contributed by atoms with Crippen molar-refractivity contribution in [2.75, 3.05) is 0 Å². The maximum Gasteiger partial charge on any atom is 2.00 e. The van der Waals surface area contributed by atoms with Crippen LogP contribution in [-0.2, 0) is 33.1 Å². The van der Waals surface area contributed by atoms with Gasteiger partial charge < -0.3 is 35.0 Å². The number of rotatable bonds is 7. The second kappa shape index (κ2) is 19.5. The number of carbonyl (C=O) groups is 2. The molecule has 0 spiro atoms. The molecule has 5 heterocycles. The number of carboxylic acid groups (broad SMARTS) is 2. The van der Waals surface area contributed by atoms with Crippen molar-refractivity contribution in [2.45, 2.75) is 60.3 Å². The number of carbonyl (C=O) groups excluding carboxylic acids is 2. The van der Waals surface area contributed by atoms with Gasteiger partial charge in [-0.15, -0.1) is 10.7 Å². The Kier molecular flexibility index (Phi) is 18.9. The van der Waals surface area contributed by atoms with E-state index >= 15 is 0 Å². The van der Waals surface area contributed by atoms with Gasteiger partial charge >= 0.3 is 171 Å². The standard InChI is InChI=1S/C34H36N4O6.Cu.3K/c1-7-19-15(3)23-12-25-17(5)21(9-10-29(39)40)32(37-25)22(11-30(41)42)33-31(34(43)44)18(6)26(38-33)14-28-20(8-2)16(4)24(36-28)13-27(19)35-23;;;;/h7,12-14,17,21H,1,8-11H2,2-6H3,(H5,35,36,37,38,39,40,41,42,43,44);;;;/q;+2;3*+1/p-5. The number of hydrogen-bond donors (Lipinski definition) is 0. The number of aromatic nitrogens is 1. The molecular weight excluding hydrogens is 741 g/mol. The Bertz CT molecular complexity index is 1920. The molecule has 0 aromatic carbocycles. The maximum atomic E-state index is 12.5. The Morgan fingerprint density at radius 1 is 0.938 bits per heavy atom. The van der Waals surface area contributed by atoms with Crippen molar-refractivity contribution in [1.82, 2.24) is 4.98 Å². The molecule has 4 aliphatic heterocycles. The summed E-state index contributed by atoms with van der Waals surface area (Å²) in [5.74, 6) is -5.20. The number of hydrogen-bond acceptors (Lipinski definition) is 9. The predicted octanol–water partition coefficient (Wildman–Crippen LogP) is -9.77. The van der Waals surface area contributed by atoms with E-state index in [9.17, 15) is 30.0 Å². The van der Waals surface area contributed by atoms with E-state index in [1.54, 1.807) is 25.2 Å². The first kappa shape index (κ1) is 46.5. The SMILES string of the molecule is C=CC1=C(C)C2=CC3=NC(=C(CC(=O)[O-])C4=NC(=C(C)C4=C([O-])[O-])C=c4[n-]c(c(C)c4CC)=CC1=N2)C(CCC(=O)[O-])C3C.[Cu+2].[K+].[K+].[K+]. The van der Waals surface area contributed by atoms with Crippen molar-refractivity contribution in [3.63, 3.8) is 0 Å². The zero-order valence-electron chi connectivity index (χ0n) is 28.5. The van der Waals surface area contributed by atoms with Gasteiger partial charge in [0.2, 0.25) is 0 Å². The summed E-state index contributed by atoms with van der Waals surface area (Å²) in [6.07, 6.45) is 6.85. The van der Waals surface area contributed by atoms with Gasteiger partial charge in [-0.3, -0.25) is 4.99 Å². The van der Waals surface area contributed by atoms with Gasteiger partial charge in [-0.2, -0.15) is 5.95 Å². The number of aliphatic carboxylic acids is 2. The van der Waals surface area contributed by atoms with Gasteiger partial charge in [0, 0.05) is 47.1 Å². The summed E-state index contributed by atoms with van der Waals surface area (Å²) >= 11 is 0. The Balaban J connectivity index is 0.00000288. The van der Waals surface area contributed by atoms with E-state index in [1.165, 1.54) is 0 Å². The minimum absolute atomic E-state index is 0. The Hall–Kier alpha value is 0.439. The molecule has 10 nitrogen and oxygen atoms in total. The molecule has 0 saturated carbocycles. The first-order valence-corrected chi connectivity index (χ1v) is 14.5. The smallest absolute Gasteiger partial charge is 0.883 e. The number of allylic oxidation sites excluding steroid dienone is 8. The second-order valence-corrected chi connectivity index (χ2v) is 11.3. The molecule has 0 N–H and O–H groups in total. The van der Waals surface area contributed by atoms with E-state index in [0.717, 1.165) is 22.3 Å². The van der Waals surface area contributed by atoms with Gasteiger partial charge in [-0.1, -0.05) is 49.8 Å². The zero-order valence-corrected chi connectivity index (χ0v) is 38.9. The summed E-state index contributed by atoms with van der Waals surface area (Å²) in [5, 5.41) is 50.0. The summed E-state index contributed by atoms with van der Waals surface area (Å²) in [5.41, 5.74) is 5.92. The Labute approximate surface area is 418 Å². The van der Waals surface area contributed by atoms with E-state index in [-0.39, 0.29) is 218 Å². The van der Waals surface area contributed by atoms with Crippen LogP contribution in [0.25, 0.3) is 12.2 Å². The van der Waals surface area contributed by atoms with Gasteiger partial charge in [0.15, 0.2) is 0 Å². The van der Waals surface area contributed by atoms with Crippen molar-refractivity contribution < 1.29 is 201 Å². The summed E-state index contributed by atoms with van der Waals surface area (Å²) in [6.45, 7) is 13.3. The van der Waals surface area contributed by atoms with Crippen molar-refractivity contribution in [1.29, 1.82) is 0 Å². The van der Waals surface area contributed by atoms with Gasteiger partial charge in [0.05, 0.1) is 28.5 Å². The monoisotopic (exact) mass is 771 g/mol. The van der Waals surface area contributed by atoms with Crippen LogP contribution in [0.2, 0.25) is 0 Å². The zero-order chi connectivity index (χ0) is 32.0. The van der Waals surface area contributed by atoms with E-state index in [2.05, 4.69) is 11.6 Å². The average Bonchev–Trinajstić information content (AvgIpc) is 3.63. The maximum absolute atomic E-state index is 12.5. The fourth-order valence-electron chi connectivity index (χ4n) is 6.34. The first-order valence-electron chi connectivity index (χ1n) is 14.5. The summed E-state index contributed by atoms with van der Waals surface area (Å²) in [4.78, 5) is 42.8. The topological polar surface area (TPSA) is 178 Å². The van der Waals surface area contributed by atoms with Crippen molar-refractivity contribution in [2.24, 2.45) is 26.8 Å². The Morgan fingerprint density at radius 3 is 2.17 bits per heavy atom. The molecule has 2 atom stereocenters. The van der Waals surface area contributed by atoms with Crippen LogP contribution in [0, 0.1) is 18.8 Å². The van der Waals surface area contributed by atoms with Crippen molar-refractivity contribution in [3.05, 3.63) is 91.5 Å². The molecule has 48 heavy (non-hydrogen) atoms. The molecule has 4 aliphatic rings. The third-order valence-corrected chi connectivity index (χ3v) is 8.76. The molecule has 1 radical (unpaired) electrons. The first-order chi connectivity index (χ1) is 20.9. The molecule has 5 rings (SSSR count). The summed E-state index contributed by atoms with van der Waals surface area (Å²) in [6, 6.07) is 0. The molecule has 0 aliphatic carbocycles. The number of fused-ring (bicyclic) bond motifs is 5. The summed E-state index contributed by atoms with van der Waals surface area (Å²) in [7, 11) is 0. The van der Waals surface area contributed by atoms with Crippen molar-refractivity contribution >= 4 is 41.2 Å². The van der Waals surface area contributed by atoms with Crippen LogP contribution in [0.3, 0.4) is 0 Å².